The lowest BCUT2D eigenvalue weighted by Crippen LogP contribution is -2.39. The zero-order valence-corrected chi connectivity index (χ0v) is 18.7. The molecule has 7 nitrogen and oxygen atoms in total. The number of aliphatic hydroxyl groups is 1. The van der Waals surface area contributed by atoms with Gasteiger partial charge in [0.25, 0.3) is 0 Å². The van der Waals surface area contributed by atoms with E-state index in [9.17, 15) is 19.8 Å². The molecule has 3 aromatic carbocycles. The Morgan fingerprint density at radius 3 is 2.21 bits per heavy atom. The van der Waals surface area contributed by atoms with Gasteiger partial charge in [-0.25, -0.2) is 9.69 Å². The van der Waals surface area contributed by atoms with Crippen LogP contribution in [0.5, 0.6) is 5.75 Å². The fourth-order valence-electron chi connectivity index (χ4n) is 4.27. The lowest BCUT2D eigenvalue weighted by Gasteiger charge is -2.29. The summed E-state index contributed by atoms with van der Waals surface area (Å²) < 4.78 is 11.0. The van der Waals surface area contributed by atoms with Gasteiger partial charge in [0, 0.05) is 6.42 Å². The monoisotopic (exact) mass is 460 g/mol. The van der Waals surface area contributed by atoms with Gasteiger partial charge in [-0.1, -0.05) is 48.5 Å². The molecule has 0 radical (unpaired) electrons. The Morgan fingerprint density at radius 2 is 1.59 bits per heavy atom. The van der Waals surface area contributed by atoms with Crippen LogP contribution < -0.4 is 14.7 Å². The summed E-state index contributed by atoms with van der Waals surface area (Å²) in [4.78, 5) is 25.4. The number of hydrogen-bond acceptors (Lipinski definition) is 6. The van der Waals surface area contributed by atoms with Gasteiger partial charge in [-0.3, -0.25) is 0 Å². The zero-order valence-electron chi connectivity index (χ0n) is 18.7. The first-order valence-corrected chi connectivity index (χ1v) is 11.2. The minimum atomic E-state index is -1.30. The van der Waals surface area contributed by atoms with E-state index in [1.54, 1.807) is 12.1 Å². The van der Waals surface area contributed by atoms with Gasteiger partial charge in [0.05, 0.1) is 17.3 Å². The molecular weight excluding hydrogens is 434 g/mol. The molecule has 1 N–H and O–H groups in total. The van der Waals surface area contributed by atoms with E-state index in [0.717, 1.165) is 11.1 Å². The van der Waals surface area contributed by atoms with Crippen molar-refractivity contribution in [2.24, 2.45) is 0 Å². The minimum absolute atomic E-state index is 0.175. The normalized spacial score (nSPS) is 17.2. The molecule has 0 aliphatic heterocycles. The fraction of sp³-hybridized carbons (Fsp3) is 0.259. The Bertz CT molecular complexity index is 1090. The molecule has 4 rings (SSSR count). The maximum atomic E-state index is 13.2. The van der Waals surface area contributed by atoms with Gasteiger partial charge in [0.15, 0.2) is 0 Å². The van der Waals surface area contributed by atoms with Crippen molar-refractivity contribution >= 4 is 23.4 Å². The summed E-state index contributed by atoms with van der Waals surface area (Å²) in [5.41, 5.74) is 1.77. The first kappa shape index (κ1) is 23.3. The Kier molecular flexibility index (Phi) is 7.13. The Balaban J connectivity index is 1.50. The van der Waals surface area contributed by atoms with Crippen LogP contribution in [0.4, 0.5) is 16.2 Å². The SMILES string of the molecule is O=C([O-])COc1cccc2c1CCCC(O)(COC(=O)N(c1ccccc1)c1ccccc1)C2. The molecule has 0 aromatic heterocycles. The van der Waals surface area contributed by atoms with Crippen molar-refractivity contribution in [3.8, 4) is 5.75 Å². The number of aliphatic carboxylic acids is 1. The smallest absolute Gasteiger partial charge is 0.419 e. The van der Waals surface area contributed by atoms with Crippen LogP contribution in [0.25, 0.3) is 0 Å². The molecule has 34 heavy (non-hydrogen) atoms. The number of ether oxygens (including phenoxy) is 2. The number of hydrogen-bond donors (Lipinski definition) is 1. The summed E-state index contributed by atoms with van der Waals surface area (Å²) in [6.07, 6.45) is 1.35. The van der Waals surface area contributed by atoms with Crippen molar-refractivity contribution in [2.75, 3.05) is 18.1 Å². The molecule has 0 heterocycles. The van der Waals surface area contributed by atoms with Gasteiger partial charge >= 0.3 is 6.09 Å². The summed E-state index contributed by atoms with van der Waals surface area (Å²) in [6, 6.07) is 23.7. The number of amides is 1. The molecule has 3 aromatic rings. The standard InChI is InChI=1S/C27H27NO6/c29-25(30)18-33-24-15-7-9-20-17-27(32,16-8-14-23(20)24)19-34-26(31)28(21-10-3-1-4-11-21)22-12-5-2-6-13-22/h1-7,9-13,15,32H,8,14,16-19H2,(H,29,30)/p-1. The second kappa shape index (κ2) is 10.4. The van der Waals surface area contributed by atoms with E-state index in [0.29, 0.717) is 36.4 Å². The first-order chi connectivity index (χ1) is 16.5. The van der Waals surface area contributed by atoms with E-state index in [1.165, 1.54) is 4.90 Å². The molecule has 0 bridgehead atoms. The average molecular weight is 461 g/mol. The maximum absolute atomic E-state index is 13.2. The fourth-order valence-corrected chi connectivity index (χ4v) is 4.27. The average Bonchev–Trinajstić information content (AvgIpc) is 3.02. The van der Waals surface area contributed by atoms with E-state index in [2.05, 4.69) is 0 Å². The number of carboxylic acid groups (broad SMARTS) is 1. The van der Waals surface area contributed by atoms with Crippen LogP contribution in [0, 0.1) is 0 Å². The van der Waals surface area contributed by atoms with E-state index < -0.39 is 24.3 Å². The topological polar surface area (TPSA) is 99.1 Å². The van der Waals surface area contributed by atoms with Crippen LogP contribution in [0.3, 0.4) is 0 Å². The third-order valence-corrected chi connectivity index (χ3v) is 5.84. The molecular formula is C27H26NO6-. The van der Waals surface area contributed by atoms with Crippen LogP contribution in [0.15, 0.2) is 78.9 Å². The molecule has 1 unspecified atom stereocenters. The van der Waals surface area contributed by atoms with Crippen molar-refractivity contribution in [1.29, 1.82) is 0 Å². The highest BCUT2D eigenvalue weighted by molar-refractivity contribution is 5.95. The summed E-state index contributed by atoms with van der Waals surface area (Å²) in [6.45, 7) is -0.710. The molecule has 0 saturated carbocycles. The highest BCUT2D eigenvalue weighted by atomic mass is 16.6. The van der Waals surface area contributed by atoms with Crippen LogP contribution >= 0.6 is 0 Å². The van der Waals surface area contributed by atoms with Gasteiger partial charge in [-0.05, 0) is 60.7 Å². The van der Waals surface area contributed by atoms with Crippen LogP contribution in [0.1, 0.15) is 24.0 Å². The van der Waals surface area contributed by atoms with Crippen molar-refractivity contribution in [3.05, 3.63) is 90.0 Å². The summed E-state index contributed by atoms with van der Waals surface area (Å²) in [5, 5.41) is 22.1. The zero-order chi connectivity index (χ0) is 24.0. The molecule has 1 aliphatic carbocycles. The van der Waals surface area contributed by atoms with Crippen LogP contribution in [0.2, 0.25) is 0 Å². The molecule has 7 heteroatoms. The number of para-hydroxylation sites is 2. The van der Waals surface area contributed by atoms with Crippen LogP contribution in [-0.4, -0.2) is 36.0 Å². The summed E-state index contributed by atoms with van der Waals surface area (Å²) >= 11 is 0. The van der Waals surface area contributed by atoms with Crippen molar-refractivity contribution in [2.45, 2.75) is 31.3 Å². The lowest BCUT2D eigenvalue weighted by molar-refractivity contribution is -0.307. The quantitative estimate of drug-likeness (QED) is 0.543. The Morgan fingerprint density at radius 1 is 0.941 bits per heavy atom. The molecule has 176 valence electrons. The van der Waals surface area contributed by atoms with E-state index >= 15 is 0 Å². The van der Waals surface area contributed by atoms with Crippen LogP contribution in [-0.2, 0) is 22.4 Å². The highest BCUT2D eigenvalue weighted by Crippen LogP contribution is 2.34. The number of fused-ring (bicyclic) bond motifs is 1. The van der Waals surface area contributed by atoms with Crippen molar-refractivity contribution < 1.29 is 29.3 Å². The maximum Gasteiger partial charge on any atom is 0.419 e. The number of carbonyl (C=O) groups excluding carboxylic acids is 2. The molecule has 1 atom stereocenters. The second-order valence-corrected chi connectivity index (χ2v) is 8.37. The van der Waals surface area contributed by atoms with Gasteiger partial charge in [-0.15, -0.1) is 0 Å². The number of nitrogens with zero attached hydrogens (tertiary/aromatic N) is 1. The molecule has 1 amide bonds. The molecule has 0 saturated heterocycles. The number of carboxylic acids is 1. The summed E-state index contributed by atoms with van der Waals surface area (Å²) in [7, 11) is 0. The van der Waals surface area contributed by atoms with Gasteiger partial charge in [0.1, 0.15) is 24.6 Å². The predicted octanol–water partition coefficient (Wildman–Crippen LogP) is 3.40. The van der Waals surface area contributed by atoms with Crippen molar-refractivity contribution in [3.63, 3.8) is 0 Å². The molecule has 1 aliphatic rings. The lowest BCUT2D eigenvalue weighted by atomic mass is 9.92. The first-order valence-electron chi connectivity index (χ1n) is 11.2. The number of anilines is 2. The Hall–Kier alpha value is -3.84. The minimum Gasteiger partial charge on any atom is -0.546 e. The number of carbonyl (C=O) groups is 2. The predicted molar refractivity (Wildman–Crippen MR) is 125 cm³/mol. The van der Waals surface area contributed by atoms with Gasteiger partial charge < -0.3 is 24.5 Å². The van der Waals surface area contributed by atoms with Gasteiger partial charge in [-0.2, -0.15) is 0 Å². The van der Waals surface area contributed by atoms with E-state index in [1.807, 2.05) is 66.7 Å². The largest absolute Gasteiger partial charge is 0.546 e. The van der Waals surface area contributed by atoms with Crippen molar-refractivity contribution in [1.82, 2.24) is 0 Å². The molecule has 0 spiro atoms. The second-order valence-electron chi connectivity index (χ2n) is 8.37. The highest BCUT2D eigenvalue weighted by Gasteiger charge is 2.34. The third-order valence-electron chi connectivity index (χ3n) is 5.84. The number of rotatable bonds is 7. The molecule has 0 fully saturated rings. The summed E-state index contributed by atoms with van der Waals surface area (Å²) in [5.74, 6) is -0.821. The van der Waals surface area contributed by atoms with E-state index in [4.69, 9.17) is 9.47 Å². The van der Waals surface area contributed by atoms with E-state index in [-0.39, 0.29) is 13.0 Å². The van der Waals surface area contributed by atoms with Gasteiger partial charge in [0.2, 0.25) is 0 Å². The third kappa shape index (κ3) is 5.55. The Labute approximate surface area is 198 Å². The number of benzene rings is 3.